The van der Waals surface area contributed by atoms with Crippen LogP contribution in [-0.4, -0.2) is 37.1 Å². The van der Waals surface area contributed by atoms with Crippen LogP contribution in [0.15, 0.2) is 36.4 Å². The Balaban J connectivity index is 1.60. The summed E-state index contributed by atoms with van der Waals surface area (Å²) in [6.07, 6.45) is 0. The molecule has 2 aromatic rings. The molecular weight excluding hydrogens is 348 g/mol. The summed E-state index contributed by atoms with van der Waals surface area (Å²) in [7, 11) is 0. The molecule has 1 fully saturated rings. The third-order valence-electron chi connectivity index (χ3n) is 4.25. The molecule has 1 heterocycles. The number of urea groups is 1. The van der Waals surface area contributed by atoms with Gasteiger partial charge in [-0.3, -0.25) is 0 Å². The van der Waals surface area contributed by atoms with E-state index in [2.05, 4.69) is 5.32 Å². The Morgan fingerprint density at radius 3 is 2.44 bits per heavy atom. The van der Waals surface area contributed by atoms with Crippen LogP contribution >= 0.6 is 11.6 Å². The molecule has 0 spiro atoms. The Labute approximate surface area is 150 Å². The molecule has 2 aromatic carbocycles. The maximum atomic E-state index is 13.9. The van der Waals surface area contributed by atoms with E-state index in [4.69, 9.17) is 11.6 Å². The van der Waals surface area contributed by atoms with Gasteiger partial charge in [-0.2, -0.15) is 0 Å². The lowest BCUT2D eigenvalue weighted by Crippen LogP contribution is -2.50. The molecule has 132 valence electrons. The lowest BCUT2D eigenvalue weighted by Gasteiger charge is -2.36. The lowest BCUT2D eigenvalue weighted by molar-refractivity contribution is 0.208. The van der Waals surface area contributed by atoms with Crippen molar-refractivity contribution < 1.29 is 13.6 Å². The number of carbonyl (C=O) groups excluding carboxylic acids is 1. The van der Waals surface area contributed by atoms with Gasteiger partial charge in [0.25, 0.3) is 0 Å². The number of nitrogens with one attached hydrogen (secondary N) is 1. The summed E-state index contributed by atoms with van der Waals surface area (Å²) >= 11 is 5.92. The van der Waals surface area contributed by atoms with Crippen molar-refractivity contribution in [2.75, 3.05) is 36.4 Å². The second-order valence-corrected chi connectivity index (χ2v) is 6.40. The normalized spacial score (nSPS) is 14.6. The lowest BCUT2D eigenvalue weighted by atomic mass is 10.2. The SMILES string of the molecule is Cc1cc(Cl)ccc1NC(=O)N1CCN(c2ccc(F)cc2F)CC1. The summed E-state index contributed by atoms with van der Waals surface area (Å²) in [5, 5.41) is 3.48. The molecule has 25 heavy (non-hydrogen) atoms. The van der Waals surface area contributed by atoms with E-state index in [-0.39, 0.29) is 6.03 Å². The van der Waals surface area contributed by atoms with Crippen LogP contribution < -0.4 is 10.2 Å². The maximum Gasteiger partial charge on any atom is 0.321 e. The topological polar surface area (TPSA) is 35.6 Å². The summed E-state index contributed by atoms with van der Waals surface area (Å²) in [4.78, 5) is 15.9. The maximum absolute atomic E-state index is 13.9. The number of piperazine rings is 1. The first kappa shape index (κ1) is 17.5. The molecule has 0 radical (unpaired) electrons. The molecule has 7 heteroatoms. The number of benzene rings is 2. The fourth-order valence-electron chi connectivity index (χ4n) is 2.85. The molecule has 0 bridgehead atoms. The number of rotatable bonds is 2. The number of hydrogen-bond donors (Lipinski definition) is 1. The summed E-state index contributed by atoms with van der Waals surface area (Å²) in [6, 6.07) is 8.60. The van der Waals surface area contributed by atoms with Crippen LogP contribution in [0.25, 0.3) is 0 Å². The Bertz CT molecular complexity index is 792. The van der Waals surface area contributed by atoms with Gasteiger partial charge >= 0.3 is 6.03 Å². The zero-order valence-electron chi connectivity index (χ0n) is 13.7. The fraction of sp³-hybridized carbons (Fsp3) is 0.278. The minimum Gasteiger partial charge on any atom is -0.366 e. The molecule has 3 rings (SSSR count). The molecule has 1 aliphatic heterocycles. The van der Waals surface area contributed by atoms with Crippen LogP contribution in [0.2, 0.25) is 5.02 Å². The fourth-order valence-corrected chi connectivity index (χ4v) is 3.08. The minimum atomic E-state index is -0.599. The van der Waals surface area contributed by atoms with Crippen LogP contribution in [-0.2, 0) is 0 Å². The van der Waals surface area contributed by atoms with E-state index in [0.717, 1.165) is 11.6 Å². The Kier molecular flexibility index (Phi) is 5.08. The van der Waals surface area contributed by atoms with Crippen molar-refractivity contribution in [3.05, 3.63) is 58.6 Å². The number of amides is 2. The van der Waals surface area contributed by atoms with E-state index in [1.54, 1.807) is 23.1 Å². The molecule has 0 aromatic heterocycles. The molecule has 4 nitrogen and oxygen atoms in total. The van der Waals surface area contributed by atoms with Crippen molar-refractivity contribution in [1.82, 2.24) is 4.90 Å². The number of halogens is 3. The first-order valence-electron chi connectivity index (χ1n) is 7.96. The highest BCUT2D eigenvalue weighted by molar-refractivity contribution is 6.30. The molecular formula is C18H18ClF2N3O. The zero-order chi connectivity index (χ0) is 18.0. The zero-order valence-corrected chi connectivity index (χ0v) is 14.5. The van der Waals surface area contributed by atoms with Gasteiger partial charge in [-0.25, -0.2) is 13.6 Å². The molecule has 0 aliphatic carbocycles. The largest absolute Gasteiger partial charge is 0.366 e. The Morgan fingerprint density at radius 1 is 1.08 bits per heavy atom. The van der Waals surface area contributed by atoms with Crippen LogP contribution in [0, 0.1) is 18.6 Å². The first-order chi connectivity index (χ1) is 11.9. The van der Waals surface area contributed by atoms with E-state index in [1.807, 2.05) is 11.8 Å². The van der Waals surface area contributed by atoms with E-state index >= 15 is 0 Å². The number of aryl methyl sites for hydroxylation is 1. The molecule has 0 saturated carbocycles. The number of carbonyl (C=O) groups is 1. The van der Waals surface area contributed by atoms with Gasteiger partial charge < -0.3 is 15.1 Å². The Hall–Kier alpha value is -2.34. The quantitative estimate of drug-likeness (QED) is 0.862. The highest BCUT2D eigenvalue weighted by Gasteiger charge is 2.23. The predicted octanol–water partition coefficient (Wildman–Crippen LogP) is 4.28. The molecule has 0 atom stereocenters. The third-order valence-corrected chi connectivity index (χ3v) is 4.48. The van der Waals surface area contributed by atoms with Gasteiger partial charge in [0.2, 0.25) is 0 Å². The van der Waals surface area contributed by atoms with Crippen molar-refractivity contribution in [3.8, 4) is 0 Å². The average molecular weight is 366 g/mol. The first-order valence-corrected chi connectivity index (χ1v) is 8.34. The van der Waals surface area contributed by atoms with Crippen molar-refractivity contribution in [1.29, 1.82) is 0 Å². The monoisotopic (exact) mass is 365 g/mol. The third kappa shape index (κ3) is 4.02. The van der Waals surface area contributed by atoms with Gasteiger partial charge in [-0.15, -0.1) is 0 Å². The van der Waals surface area contributed by atoms with Gasteiger partial charge in [0, 0.05) is 43.0 Å². The second-order valence-electron chi connectivity index (χ2n) is 5.96. The highest BCUT2D eigenvalue weighted by Crippen LogP contribution is 2.23. The van der Waals surface area contributed by atoms with Crippen LogP contribution in [0.5, 0.6) is 0 Å². The summed E-state index contributed by atoms with van der Waals surface area (Å²) < 4.78 is 26.9. The smallest absolute Gasteiger partial charge is 0.321 e. The van der Waals surface area contributed by atoms with Gasteiger partial charge in [0.15, 0.2) is 0 Å². The van der Waals surface area contributed by atoms with Gasteiger partial charge in [-0.05, 0) is 42.8 Å². The summed E-state index contributed by atoms with van der Waals surface area (Å²) in [6.45, 7) is 3.74. The molecule has 2 amide bonds. The van der Waals surface area contributed by atoms with Crippen molar-refractivity contribution >= 4 is 29.0 Å². The van der Waals surface area contributed by atoms with E-state index < -0.39 is 11.6 Å². The van der Waals surface area contributed by atoms with Crippen molar-refractivity contribution in [2.45, 2.75) is 6.92 Å². The van der Waals surface area contributed by atoms with Crippen molar-refractivity contribution in [3.63, 3.8) is 0 Å². The molecule has 1 N–H and O–H groups in total. The summed E-state index contributed by atoms with van der Waals surface area (Å²) in [5.41, 5.74) is 1.95. The van der Waals surface area contributed by atoms with Gasteiger partial charge in [-0.1, -0.05) is 11.6 Å². The molecule has 1 saturated heterocycles. The summed E-state index contributed by atoms with van der Waals surface area (Å²) in [5.74, 6) is -1.19. The predicted molar refractivity (Wildman–Crippen MR) is 95.4 cm³/mol. The number of anilines is 2. The standard InChI is InChI=1S/C18H18ClF2N3O/c1-12-10-13(19)2-4-16(12)22-18(25)24-8-6-23(7-9-24)17-5-3-14(20)11-15(17)21/h2-5,10-11H,6-9H2,1H3,(H,22,25). The van der Waals surface area contributed by atoms with Crippen LogP contribution in [0.1, 0.15) is 5.56 Å². The van der Waals surface area contributed by atoms with Gasteiger partial charge in [0.05, 0.1) is 5.69 Å². The minimum absolute atomic E-state index is 0.204. The average Bonchev–Trinajstić information content (AvgIpc) is 2.57. The van der Waals surface area contributed by atoms with E-state index in [9.17, 15) is 13.6 Å². The molecule has 1 aliphatic rings. The van der Waals surface area contributed by atoms with Gasteiger partial charge in [0.1, 0.15) is 11.6 Å². The van der Waals surface area contributed by atoms with E-state index in [1.165, 1.54) is 12.1 Å². The second kappa shape index (κ2) is 7.27. The highest BCUT2D eigenvalue weighted by atomic mass is 35.5. The van der Waals surface area contributed by atoms with E-state index in [0.29, 0.717) is 42.6 Å². The number of hydrogen-bond acceptors (Lipinski definition) is 2. The van der Waals surface area contributed by atoms with Crippen molar-refractivity contribution in [2.24, 2.45) is 0 Å². The Morgan fingerprint density at radius 2 is 1.80 bits per heavy atom. The van der Waals surface area contributed by atoms with Crippen LogP contribution in [0.4, 0.5) is 25.0 Å². The number of nitrogens with zero attached hydrogens (tertiary/aromatic N) is 2. The molecule has 0 unspecified atom stereocenters. The van der Waals surface area contributed by atoms with Crippen LogP contribution in [0.3, 0.4) is 0 Å².